The molecule has 7 heteroatoms. The third-order valence-electron chi connectivity index (χ3n) is 4.33. The van der Waals surface area contributed by atoms with E-state index in [4.69, 9.17) is 5.73 Å². The highest BCUT2D eigenvalue weighted by atomic mass is 35.5. The van der Waals surface area contributed by atoms with Gasteiger partial charge in [0.05, 0.1) is 0 Å². The van der Waals surface area contributed by atoms with Gasteiger partial charge >= 0.3 is 0 Å². The molecule has 23 heavy (non-hydrogen) atoms. The maximum Gasteiger partial charge on any atom is 0.224 e. The number of carbonyl (C=O) groups is 1. The third kappa shape index (κ3) is 7.40. The van der Waals surface area contributed by atoms with E-state index in [0.29, 0.717) is 5.92 Å². The molecule has 1 aromatic rings. The van der Waals surface area contributed by atoms with Gasteiger partial charge in [-0.3, -0.25) is 9.69 Å². The van der Waals surface area contributed by atoms with Crippen molar-refractivity contribution in [3.8, 4) is 0 Å². The molecule has 0 aromatic carbocycles. The zero-order valence-electron chi connectivity index (χ0n) is 13.9. The molecule has 2 heterocycles. The molecule has 134 valence electrons. The highest BCUT2D eigenvalue weighted by molar-refractivity contribution is 7.09. The van der Waals surface area contributed by atoms with Crippen LogP contribution in [0.25, 0.3) is 0 Å². The van der Waals surface area contributed by atoms with Crippen LogP contribution >= 0.6 is 36.2 Å². The Hall–Kier alpha value is -0.330. The second-order valence-electron chi connectivity index (χ2n) is 6.22. The fourth-order valence-corrected chi connectivity index (χ4v) is 3.48. The van der Waals surface area contributed by atoms with E-state index < -0.39 is 0 Å². The summed E-state index contributed by atoms with van der Waals surface area (Å²) < 4.78 is 0. The maximum atomic E-state index is 12.0. The van der Waals surface area contributed by atoms with Crippen LogP contribution < -0.4 is 11.1 Å². The van der Waals surface area contributed by atoms with Crippen LogP contribution in [-0.2, 0) is 11.3 Å². The minimum Gasteiger partial charge on any atom is -0.355 e. The average molecular weight is 382 g/mol. The van der Waals surface area contributed by atoms with E-state index in [-0.39, 0.29) is 42.7 Å². The van der Waals surface area contributed by atoms with Crippen molar-refractivity contribution in [3.05, 3.63) is 22.4 Å². The summed E-state index contributed by atoms with van der Waals surface area (Å²) in [4.78, 5) is 15.9. The van der Waals surface area contributed by atoms with Crippen molar-refractivity contribution in [2.24, 2.45) is 17.6 Å². The van der Waals surface area contributed by atoms with Crippen LogP contribution in [0.4, 0.5) is 0 Å². The molecule has 0 aliphatic carbocycles. The monoisotopic (exact) mass is 381 g/mol. The number of likely N-dealkylation sites (tertiary alicyclic amines) is 1. The SMILES string of the molecule is CC(N)C(C)C(=O)NCC1CCCN(Cc2cccs2)C1.Cl.Cl. The molecule has 3 N–H and O–H groups in total. The minimum absolute atomic E-state index is 0. The number of nitrogens with two attached hydrogens (primary N) is 1. The Morgan fingerprint density at radius 2 is 2.22 bits per heavy atom. The van der Waals surface area contributed by atoms with Crippen LogP contribution in [0.2, 0.25) is 0 Å². The van der Waals surface area contributed by atoms with Gasteiger partial charge in [0, 0.05) is 36.5 Å². The summed E-state index contributed by atoms with van der Waals surface area (Å²) in [7, 11) is 0. The first-order valence-corrected chi connectivity index (χ1v) is 8.72. The number of nitrogens with one attached hydrogen (secondary N) is 1. The Balaban J connectivity index is 0.00000242. The van der Waals surface area contributed by atoms with E-state index in [1.54, 1.807) is 0 Å². The first-order chi connectivity index (χ1) is 10.1. The molecule has 0 saturated carbocycles. The molecule has 1 aliphatic heterocycles. The van der Waals surface area contributed by atoms with Crippen LogP contribution in [0.1, 0.15) is 31.6 Å². The lowest BCUT2D eigenvalue weighted by molar-refractivity contribution is -0.125. The highest BCUT2D eigenvalue weighted by Crippen LogP contribution is 2.20. The number of carbonyl (C=O) groups excluding carboxylic acids is 1. The lowest BCUT2D eigenvalue weighted by Crippen LogP contribution is -2.44. The molecule has 4 nitrogen and oxygen atoms in total. The largest absolute Gasteiger partial charge is 0.355 e. The molecule has 0 bridgehead atoms. The van der Waals surface area contributed by atoms with E-state index in [1.165, 1.54) is 24.3 Å². The van der Waals surface area contributed by atoms with Crippen molar-refractivity contribution < 1.29 is 4.79 Å². The molecule has 1 aromatic heterocycles. The molecular weight excluding hydrogens is 353 g/mol. The van der Waals surface area contributed by atoms with Gasteiger partial charge in [-0.25, -0.2) is 0 Å². The Labute approximate surface area is 156 Å². The first kappa shape index (κ1) is 22.7. The van der Waals surface area contributed by atoms with Crippen molar-refractivity contribution in [1.82, 2.24) is 10.2 Å². The summed E-state index contributed by atoms with van der Waals surface area (Å²) in [5, 5.41) is 5.20. The molecule has 1 fully saturated rings. The van der Waals surface area contributed by atoms with Gasteiger partial charge in [-0.05, 0) is 43.7 Å². The number of amides is 1. The smallest absolute Gasteiger partial charge is 0.224 e. The minimum atomic E-state index is -0.115. The first-order valence-electron chi connectivity index (χ1n) is 7.84. The van der Waals surface area contributed by atoms with Crippen LogP contribution in [0.3, 0.4) is 0 Å². The summed E-state index contributed by atoms with van der Waals surface area (Å²) >= 11 is 1.82. The van der Waals surface area contributed by atoms with Crippen molar-refractivity contribution >= 4 is 42.1 Å². The van der Waals surface area contributed by atoms with Crippen LogP contribution in [0.5, 0.6) is 0 Å². The molecule has 1 amide bonds. The van der Waals surface area contributed by atoms with Crippen molar-refractivity contribution in [2.45, 2.75) is 39.3 Å². The summed E-state index contributed by atoms with van der Waals surface area (Å²) in [5.41, 5.74) is 5.78. The Bertz CT molecular complexity index is 443. The van der Waals surface area contributed by atoms with Gasteiger partial charge < -0.3 is 11.1 Å². The van der Waals surface area contributed by atoms with E-state index in [2.05, 4.69) is 27.7 Å². The Kier molecular flexibility index (Phi) is 11.1. The van der Waals surface area contributed by atoms with E-state index in [0.717, 1.165) is 19.6 Å². The lowest BCUT2D eigenvalue weighted by Gasteiger charge is -2.32. The number of nitrogens with zero attached hydrogens (tertiary/aromatic N) is 1. The highest BCUT2D eigenvalue weighted by Gasteiger charge is 2.22. The van der Waals surface area contributed by atoms with E-state index in [9.17, 15) is 4.79 Å². The number of piperidine rings is 1. The lowest BCUT2D eigenvalue weighted by atomic mass is 9.97. The Morgan fingerprint density at radius 1 is 1.48 bits per heavy atom. The van der Waals surface area contributed by atoms with E-state index in [1.807, 2.05) is 25.2 Å². The molecule has 3 atom stereocenters. The molecule has 2 rings (SSSR count). The summed E-state index contributed by atoms with van der Waals surface area (Å²) in [6.45, 7) is 7.83. The predicted molar refractivity (Wildman–Crippen MR) is 103 cm³/mol. The fraction of sp³-hybridized carbons (Fsp3) is 0.688. The van der Waals surface area contributed by atoms with Crippen molar-refractivity contribution in [2.75, 3.05) is 19.6 Å². The van der Waals surface area contributed by atoms with Crippen LogP contribution in [0.15, 0.2) is 17.5 Å². The zero-order chi connectivity index (χ0) is 15.2. The number of halogens is 2. The van der Waals surface area contributed by atoms with Crippen molar-refractivity contribution in [3.63, 3.8) is 0 Å². The summed E-state index contributed by atoms with van der Waals surface area (Å²) in [5.74, 6) is 0.527. The molecule has 3 unspecified atom stereocenters. The number of hydrogen-bond acceptors (Lipinski definition) is 4. The van der Waals surface area contributed by atoms with Gasteiger partial charge in [0.25, 0.3) is 0 Å². The molecule has 1 saturated heterocycles. The van der Waals surface area contributed by atoms with Gasteiger partial charge in [0.1, 0.15) is 0 Å². The quantitative estimate of drug-likeness (QED) is 0.796. The van der Waals surface area contributed by atoms with Gasteiger partial charge in [-0.15, -0.1) is 36.2 Å². The standard InChI is InChI=1S/C16H27N3OS.2ClH/c1-12(13(2)17)16(20)18-9-14-5-3-7-19(10-14)11-15-6-4-8-21-15;;/h4,6,8,12-14H,3,5,7,9-11,17H2,1-2H3,(H,18,20);2*1H. The molecular formula is C16H29Cl2N3OS. The van der Waals surface area contributed by atoms with Gasteiger partial charge in [-0.1, -0.05) is 13.0 Å². The topological polar surface area (TPSA) is 58.4 Å². The van der Waals surface area contributed by atoms with Gasteiger partial charge in [-0.2, -0.15) is 0 Å². The maximum absolute atomic E-state index is 12.0. The average Bonchev–Trinajstić information content (AvgIpc) is 2.97. The molecule has 0 spiro atoms. The number of thiophene rings is 1. The predicted octanol–water partition coefficient (Wildman–Crippen LogP) is 2.90. The zero-order valence-corrected chi connectivity index (χ0v) is 16.3. The Morgan fingerprint density at radius 3 is 2.83 bits per heavy atom. The van der Waals surface area contributed by atoms with Crippen LogP contribution in [-0.4, -0.2) is 36.5 Å². The fourth-order valence-electron chi connectivity index (χ4n) is 2.73. The molecule has 0 radical (unpaired) electrons. The number of rotatable bonds is 6. The van der Waals surface area contributed by atoms with Crippen molar-refractivity contribution in [1.29, 1.82) is 0 Å². The van der Waals surface area contributed by atoms with E-state index >= 15 is 0 Å². The molecule has 1 aliphatic rings. The second kappa shape index (κ2) is 11.3. The normalized spacial score (nSPS) is 20.7. The summed E-state index contributed by atoms with van der Waals surface area (Å²) in [6.07, 6.45) is 2.42. The van der Waals surface area contributed by atoms with Gasteiger partial charge in [0.15, 0.2) is 0 Å². The third-order valence-corrected chi connectivity index (χ3v) is 5.19. The summed E-state index contributed by atoms with van der Waals surface area (Å²) in [6, 6.07) is 4.21. The van der Waals surface area contributed by atoms with Gasteiger partial charge in [0.2, 0.25) is 5.91 Å². The second-order valence-corrected chi connectivity index (χ2v) is 7.25. The van der Waals surface area contributed by atoms with Crippen LogP contribution in [0, 0.1) is 11.8 Å². The number of hydrogen-bond donors (Lipinski definition) is 2.